The fourth-order valence-corrected chi connectivity index (χ4v) is 3.91. The third-order valence-electron chi connectivity index (χ3n) is 5.22. The van der Waals surface area contributed by atoms with Gasteiger partial charge in [0.05, 0.1) is 54.9 Å². The maximum Gasteiger partial charge on any atom is 0.204 e. The summed E-state index contributed by atoms with van der Waals surface area (Å²) in [6, 6.07) is 9.09. The van der Waals surface area contributed by atoms with Crippen LogP contribution in [0.2, 0.25) is 0 Å². The Morgan fingerprint density at radius 1 is 1.00 bits per heavy atom. The number of aromatic nitrogens is 2. The summed E-state index contributed by atoms with van der Waals surface area (Å²) in [7, 11) is 3.07. The third-order valence-corrected chi connectivity index (χ3v) is 5.22. The Bertz CT molecular complexity index is 1210. The van der Waals surface area contributed by atoms with Crippen molar-refractivity contribution in [1.82, 2.24) is 14.5 Å². The molecule has 0 atom stereocenters. The van der Waals surface area contributed by atoms with Gasteiger partial charge < -0.3 is 19.7 Å². The van der Waals surface area contributed by atoms with Gasteiger partial charge in [-0.25, -0.2) is 4.52 Å². The van der Waals surface area contributed by atoms with Crippen LogP contribution in [-0.2, 0) is 6.54 Å². The van der Waals surface area contributed by atoms with Gasteiger partial charge in [0.25, 0.3) is 0 Å². The third kappa shape index (κ3) is 3.05. The van der Waals surface area contributed by atoms with Crippen molar-refractivity contribution >= 4 is 27.2 Å². The number of aliphatic hydroxyl groups is 2. The van der Waals surface area contributed by atoms with E-state index < -0.39 is 0 Å². The Balaban J connectivity index is 2.07. The molecule has 4 aromatic rings. The molecule has 2 heterocycles. The van der Waals surface area contributed by atoms with Gasteiger partial charge in [-0.1, -0.05) is 6.07 Å². The van der Waals surface area contributed by atoms with E-state index in [1.54, 1.807) is 16.6 Å². The van der Waals surface area contributed by atoms with E-state index >= 15 is 0 Å². The van der Waals surface area contributed by atoms with E-state index in [0.29, 0.717) is 52.9 Å². The van der Waals surface area contributed by atoms with Crippen molar-refractivity contribution in [2.24, 2.45) is 0 Å². The molecule has 2 aromatic heterocycles. The molecule has 0 aliphatic rings. The molecule has 0 radical (unpaired) electrons. The van der Waals surface area contributed by atoms with Crippen molar-refractivity contribution in [1.29, 1.82) is 0 Å². The van der Waals surface area contributed by atoms with Crippen LogP contribution in [0.15, 0.2) is 35.1 Å². The maximum absolute atomic E-state index is 13.4. The number of benzene rings is 2. The molecule has 4 rings (SSSR count). The summed E-state index contributed by atoms with van der Waals surface area (Å²) in [5.74, 6) is 0.964. The van der Waals surface area contributed by atoms with Gasteiger partial charge in [0.2, 0.25) is 5.43 Å². The minimum Gasteiger partial charge on any atom is -0.496 e. The van der Waals surface area contributed by atoms with Crippen LogP contribution in [-0.4, -0.2) is 65.2 Å². The van der Waals surface area contributed by atoms with E-state index in [2.05, 4.69) is 0 Å². The van der Waals surface area contributed by atoms with Gasteiger partial charge in [-0.3, -0.25) is 9.69 Å². The number of rotatable bonds is 8. The molecule has 0 bridgehead atoms. The van der Waals surface area contributed by atoms with Crippen molar-refractivity contribution in [2.45, 2.75) is 6.54 Å². The van der Waals surface area contributed by atoms with Crippen LogP contribution in [0.4, 0.5) is 0 Å². The highest BCUT2D eigenvalue weighted by Crippen LogP contribution is 2.34. The standard InChI is InChI=1S/C21H23N3O5/c1-28-16-5-3-4-15-18(16)21(27)19-17(29-2)7-6-13-14(22-24(15)20(13)19)12-23(8-10-25)9-11-26/h3-7,25-26H,8-12H2,1-2H3. The summed E-state index contributed by atoms with van der Waals surface area (Å²) in [4.78, 5) is 15.3. The smallest absolute Gasteiger partial charge is 0.204 e. The van der Waals surface area contributed by atoms with Gasteiger partial charge in [-0.15, -0.1) is 0 Å². The summed E-state index contributed by atoms with van der Waals surface area (Å²) in [6.07, 6.45) is 0. The van der Waals surface area contributed by atoms with Gasteiger partial charge in [-0.2, -0.15) is 5.10 Å². The van der Waals surface area contributed by atoms with Crippen LogP contribution in [0.5, 0.6) is 11.5 Å². The number of methoxy groups -OCH3 is 2. The lowest BCUT2D eigenvalue weighted by atomic mass is 10.1. The van der Waals surface area contributed by atoms with Crippen LogP contribution < -0.4 is 14.9 Å². The lowest BCUT2D eigenvalue weighted by molar-refractivity contribution is 0.155. The Morgan fingerprint density at radius 3 is 2.34 bits per heavy atom. The number of aliphatic hydroxyl groups excluding tert-OH is 2. The molecule has 0 saturated carbocycles. The highest BCUT2D eigenvalue weighted by atomic mass is 16.5. The van der Waals surface area contributed by atoms with Crippen LogP contribution in [0.25, 0.3) is 27.2 Å². The zero-order valence-corrected chi connectivity index (χ0v) is 16.4. The average Bonchev–Trinajstić information content (AvgIpc) is 3.10. The normalized spacial score (nSPS) is 11.9. The zero-order chi connectivity index (χ0) is 20.5. The monoisotopic (exact) mass is 397 g/mol. The molecule has 0 spiro atoms. The maximum atomic E-state index is 13.4. The summed E-state index contributed by atoms with van der Waals surface area (Å²) < 4.78 is 12.7. The van der Waals surface area contributed by atoms with Gasteiger partial charge in [0.1, 0.15) is 11.5 Å². The summed E-state index contributed by atoms with van der Waals surface area (Å²) >= 11 is 0. The molecule has 2 N–H and O–H groups in total. The molecular weight excluding hydrogens is 374 g/mol. The minimum absolute atomic E-state index is 0.0176. The predicted octanol–water partition coefficient (Wildman–Crippen LogP) is 1.24. The second kappa shape index (κ2) is 7.82. The number of ether oxygens (including phenoxy) is 2. The predicted molar refractivity (Wildman–Crippen MR) is 110 cm³/mol. The quantitative estimate of drug-likeness (QED) is 0.432. The zero-order valence-electron chi connectivity index (χ0n) is 16.4. The van der Waals surface area contributed by atoms with Crippen molar-refractivity contribution in [3.8, 4) is 11.5 Å². The number of hydrogen-bond acceptors (Lipinski definition) is 7. The molecule has 0 aliphatic heterocycles. The summed E-state index contributed by atoms with van der Waals surface area (Å²) in [5.41, 5.74) is 1.94. The van der Waals surface area contributed by atoms with Crippen LogP contribution >= 0.6 is 0 Å². The van der Waals surface area contributed by atoms with Crippen molar-refractivity contribution in [3.63, 3.8) is 0 Å². The first-order valence-corrected chi connectivity index (χ1v) is 9.39. The fraction of sp³-hybridized carbons (Fsp3) is 0.333. The minimum atomic E-state index is -0.165. The van der Waals surface area contributed by atoms with Gasteiger partial charge in [-0.05, 0) is 24.3 Å². The van der Waals surface area contributed by atoms with Crippen molar-refractivity contribution < 1.29 is 19.7 Å². The SMILES string of the molecule is COc1cccc2c1c(=O)c1c(OC)ccc3c(CN(CCO)CCO)nn2c31. The molecule has 0 saturated heterocycles. The van der Waals surface area contributed by atoms with Gasteiger partial charge in [0.15, 0.2) is 0 Å². The topological polar surface area (TPSA) is 96.5 Å². The second-order valence-corrected chi connectivity index (χ2v) is 6.80. The van der Waals surface area contributed by atoms with E-state index in [9.17, 15) is 15.0 Å². The molecule has 152 valence electrons. The molecule has 8 heteroatoms. The van der Waals surface area contributed by atoms with E-state index in [4.69, 9.17) is 14.6 Å². The van der Waals surface area contributed by atoms with Gasteiger partial charge in [0, 0.05) is 25.0 Å². The number of fused-ring (bicyclic) bond motifs is 2. The first-order valence-electron chi connectivity index (χ1n) is 9.39. The van der Waals surface area contributed by atoms with E-state index in [0.717, 1.165) is 11.1 Å². The lowest BCUT2D eigenvalue weighted by Gasteiger charge is -2.18. The highest BCUT2D eigenvalue weighted by Gasteiger charge is 2.22. The Hall–Kier alpha value is -2.94. The van der Waals surface area contributed by atoms with E-state index in [-0.39, 0.29) is 18.6 Å². The summed E-state index contributed by atoms with van der Waals surface area (Å²) in [6.45, 7) is 1.23. The van der Waals surface area contributed by atoms with Crippen LogP contribution in [0.1, 0.15) is 5.69 Å². The molecule has 0 fully saturated rings. The Morgan fingerprint density at radius 2 is 1.69 bits per heavy atom. The first kappa shape index (κ1) is 19.4. The van der Waals surface area contributed by atoms with Crippen molar-refractivity contribution in [2.75, 3.05) is 40.5 Å². The lowest BCUT2D eigenvalue weighted by Crippen LogP contribution is -2.29. The number of hydrogen-bond donors (Lipinski definition) is 2. The summed E-state index contributed by atoms with van der Waals surface area (Å²) in [5, 5.41) is 25.2. The molecule has 29 heavy (non-hydrogen) atoms. The largest absolute Gasteiger partial charge is 0.496 e. The molecule has 0 amide bonds. The van der Waals surface area contributed by atoms with Gasteiger partial charge >= 0.3 is 0 Å². The molecule has 0 unspecified atom stereocenters. The number of nitrogens with zero attached hydrogens (tertiary/aromatic N) is 3. The second-order valence-electron chi connectivity index (χ2n) is 6.80. The van der Waals surface area contributed by atoms with Crippen LogP contribution in [0.3, 0.4) is 0 Å². The Labute approximate surface area is 166 Å². The molecule has 0 aliphatic carbocycles. The molecule has 2 aromatic carbocycles. The van der Waals surface area contributed by atoms with E-state index in [1.807, 2.05) is 23.1 Å². The fourth-order valence-electron chi connectivity index (χ4n) is 3.91. The Kier molecular flexibility index (Phi) is 5.23. The molecule has 8 nitrogen and oxygen atoms in total. The number of pyridine rings is 1. The highest BCUT2D eigenvalue weighted by molar-refractivity contribution is 6.07. The van der Waals surface area contributed by atoms with Crippen molar-refractivity contribution in [3.05, 3.63) is 46.2 Å². The van der Waals surface area contributed by atoms with E-state index in [1.165, 1.54) is 14.2 Å². The average molecular weight is 397 g/mol. The first-order chi connectivity index (χ1) is 14.1. The molecular formula is C21H23N3O5. The van der Waals surface area contributed by atoms with Crippen LogP contribution in [0, 0.1) is 0 Å².